The molecule has 0 saturated carbocycles. The first-order chi connectivity index (χ1) is 9.24. The first-order valence-corrected chi connectivity index (χ1v) is 5.59. The van der Waals surface area contributed by atoms with Crippen molar-refractivity contribution >= 4 is 5.97 Å². The predicted octanol–water partition coefficient (Wildman–Crippen LogP) is 3.30. The van der Waals surface area contributed by atoms with Gasteiger partial charge in [-0.3, -0.25) is 0 Å². The fourth-order valence-electron chi connectivity index (χ4n) is 1.69. The van der Waals surface area contributed by atoms with Crippen molar-refractivity contribution in [3.63, 3.8) is 0 Å². The summed E-state index contributed by atoms with van der Waals surface area (Å²) in [5.74, 6) is -0.120. The molecule has 0 atom stereocenters. The van der Waals surface area contributed by atoms with Gasteiger partial charge >= 0.3 is 5.97 Å². The van der Waals surface area contributed by atoms with Gasteiger partial charge in [0.2, 0.25) is 5.76 Å². The largest absolute Gasteiger partial charge is 0.475 e. The molecule has 0 radical (unpaired) electrons. The second-order valence-corrected chi connectivity index (χ2v) is 3.86. The molecule has 2 aromatic heterocycles. The molecule has 94 valence electrons. The van der Waals surface area contributed by atoms with Crippen LogP contribution in [0.1, 0.15) is 10.6 Å². The molecule has 1 aromatic carbocycles. The zero-order valence-electron chi connectivity index (χ0n) is 9.74. The van der Waals surface area contributed by atoms with E-state index in [-0.39, 0.29) is 11.7 Å². The number of hydrogen-bond acceptors (Lipinski definition) is 4. The van der Waals surface area contributed by atoms with Gasteiger partial charge in [-0.25, -0.2) is 9.78 Å². The van der Waals surface area contributed by atoms with E-state index in [9.17, 15) is 4.79 Å². The minimum absolute atomic E-state index is 0.144. The van der Waals surface area contributed by atoms with E-state index in [4.69, 9.17) is 13.9 Å². The van der Waals surface area contributed by atoms with Gasteiger partial charge in [-0.1, -0.05) is 30.3 Å². The van der Waals surface area contributed by atoms with Gasteiger partial charge in [0.15, 0.2) is 11.5 Å². The molecule has 0 spiro atoms. The van der Waals surface area contributed by atoms with Crippen molar-refractivity contribution in [3.8, 4) is 23.0 Å². The lowest BCUT2D eigenvalue weighted by Crippen LogP contribution is -1.91. The van der Waals surface area contributed by atoms with Gasteiger partial charge < -0.3 is 13.9 Å². The second kappa shape index (κ2) is 4.45. The maximum Gasteiger partial charge on any atom is 0.371 e. The first-order valence-electron chi connectivity index (χ1n) is 5.59. The van der Waals surface area contributed by atoms with Crippen molar-refractivity contribution in [3.05, 3.63) is 54.4 Å². The van der Waals surface area contributed by atoms with E-state index in [2.05, 4.69) is 4.98 Å². The van der Waals surface area contributed by atoms with Gasteiger partial charge in [-0.2, -0.15) is 0 Å². The Labute approximate surface area is 108 Å². The summed E-state index contributed by atoms with van der Waals surface area (Å²) in [5, 5.41) is 8.78. The van der Waals surface area contributed by atoms with Crippen LogP contribution < -0.4 is 0 Å². The minimum atomic E-state index is -1.12. The lowest BCUT2D eigenvalue weighted by Gasteiger charge is -1.93. The first kappa shape index (κ1) is 11.3. The van der Waals surface area contributed by atoms with Crippen molar-refractivity contribution in [1.82, 2.24) is 4.98 Å². The quantitative estimate of drug-likeness (QED) is 0.777. The molecular weight excluding hydrogens is 246 g/mol. The number of carboxylic acids is 1. The standard InChI is InChI=1S/C14H9NO4/c16-14(17)11-7-6-10(18-11)13-15-8-12(19-13)9-4-2-1-3-5-9/h1-8H,(H,16,17). The Balaban J connectivity index is 1.94. The summed E-state index contributed by atoms with van der Waals surface area (Å²) in [5.41, 5.74) is 0.895. The van der Waals surface area contributed by atoms with Crippen LogP contribution in [-0.2, 0) is 0 Å². The number of aromatic nitrogens is 1. The number of aromatic carboxylic acids is 1. The average molecular weight is 255 g/mol. The SMILES string of the molecule is O=C(O)c1ccc(-c2ncc(-c3ccccc3)o2)o1. The molecule has 5 nitrogen and oxygen atoms in total. The molecule has 0 aliphatic heterocycles. The smallest absolute Gasteiger partial charge is 0.371 e. The van der Waals surface area contributed by atoms with Crippen LogP contribution in [0.3, 0.4) is 0 Å². The average Bonchev–Trinajstić information content (AvgIpc) is 3.09. The van der Waals surface area contributed by atoms with Crippen molar-refractivity contribution in [1.29, 1.82) is 0 Å². The van der Waals surface area contributed by atoms with Gasteiger partial charge in [0.05, 0.1) is 6.20 Å². The van der Waals surface area contributed by atoms with Gasteiger partial charge in [-0.05, 0) is 12.1 Å². The molecule has 0 saturated heterocycles. The molecule has 0 fully saturated rings. The zero-order valence-corrected chi connectivity index (χ0v) is 9.74. The van der Waals surface area contributed by atoms with Crippen LogP contribution in [-0.4, -0.2) is 16.1 Å². The molecule has 0 aliphatic rings. The Morgan fingerprint density at radius 2 is 1.79 bits per heavy atom. The third-order valence-corrected chi connectivity index (χ3v) is 2.59. The molecule has 3 rings (SSSR count). The molecule has 5 heteroatoms. The highest BCUT2D eigenvalue weighted by atomic mass is 16.4. The number of oxazole rings is 1. The molecule has 19 heavy (non-hydrogen) atoms. The van der Waals surface area contributed by atoms with E-state index in [0.717, 1.165) is 5.56 Å². The molecule has 0 bridgehead atoms. The minimum Gasteiger partial charge on any atom is -0.475 e. The third-order valence-electron chi connectivity index (χ3n) is 2.59. The Morgan fingerprint density at radius 3 is 2.47 bits per heavy atom. The summed E-state index contributed by atoms with van der Waals surface area (Å²) in [6, 6.07) is 12.4. The van der Waals surface area contributed by atoms with E-state index < -0.39 is 5.97 Å². The van der Waals surface area contributed by atoms with Crippen LogP contribution in [0.25, 0.3) is 23.0 Å². The molecule has 2 heterocycles. The molecule has 3 aromatic rings. The lowest BCUT2D eigenvalue weighted by molar-refractivity contribution is 0.0663. The summed E-state index contributed by atoms with van der Waals surface area (Å²) in [6.45, 7) is 0. The predicted molar refractivity (Wildman–Crippen MR) is 66.6 cm³/mol. The van der Waals surface area contributed by atoms with Crippen molar-refractivity contribution < 1.29 is 18.7 Å². The Morgan fingerprint density at radius 1 is 1.00 bits per heavy atom. The fraction of sp³-hybridized carbons (Fsp3) is 0. The number of rotatable bonds is 3. The molecule has 0 unspecified atom stereocenters. The summed E-state index contributed by atoms with van der Waals surface area (Å²) < 4.78 is 10.7. The summed E-state index contributed by atoms with van der Waals surface area (Å²) in [7, 11) is 0. The number of furan rings is 1. The Hall–Kier alpha value is -2.82. The summed E-state index contributed by atoms with van der Waals surface area (Å²) >= 11 is 0. The van der Waals surface area contributed by atoms with Crippen molar-refractivity contribution in [2.45, 2.75) is 0 Å². The van der Waals surface area contributed by atoms with E-state index in [1.165, 1.54) is 12.1 Å². The van der Waals surface area contributed by atoms with Crippen LogP contribution in [0.4, 0.5) is 0 Å². The van der Waals surface area contributed by atoms with Gasteiger partial charge in [0.25, 0.3) is 5.89 Å². The highest BCUT2D eigenvalue weighted by Crippen LogP contribution is 2.27. The summed E-state index contributed by atoms with van der Waals surface area (Å²) in [6.07, 6.45) is 1.58. The maximum atomic E-state index is 10.7. The number of hydrogen-bond donors (Lipinski definition) is 1. The number of carboxylic acid groups (broad SMARTS) is 1. The topological polar surface area (TPSA) is 76.5 Å². The van der Waals surface area contributed by atoms with Gasteiger partial charge in [0.1, 0.15) is 0 Å². The normalized spacial score (nSPS) is 10.5. The highest BCUT2D eigenvalue weighted by molar-refractivity contribution is 5.85. The highest BCUT2D eigenvalue weighted by Gasteiger charge is 2.15. The van der Waals surface area contributed by atoms with Crippen LogP contribution in [0.5, 0.6) is 0 Å². The third kappa shape index (κ3) is 2.13. The van der Waals surface area contributed by atoms with E-state index in [0.29, 0.717) is 11.5 Å². The van der Waals surface area contributed by atoms with Crippen molar-refractivity contribution in [2.75, 3.05) is 0 Å². The van der Waals surface area contributed by atoms with Gasteiger partial charge in [0, 0.05) is 5.56 Å². The van der Waals surface area contributed by atoms with Crippen LogP contribution in [0.15, 0.2) is 57.5 Å². The molecule has 1 N–H and O–H groups in total. The fourth-order valence-corrected chi connectivity index (χ4v) is 1.69. The molecule has 0 aliphatic carbocycles. The van der Waals surface area contributed by atoms with Gasteiger partial charge in [-0.15, -0.1) is 0 Å². The zero-order chi connectivity index (χ0) is 13.2. The monoisotopic (exact) mass is 255 g/mol. The number of nitrogens with zero attached hydrogens (tertiary/aromatic N) is 1. The second-order valence-electron chi connectivity index (χ2n) is 3.86. The van der Waals surface area contributed by atoms with Crippen molar-refractivity contribution in [2.24, 2.45) is 0 Å². The van der Waals surface area contributed by atoms with Crippen LogP contribution >= 0.6 is 0 Å². The molecule has 0 amide bonds. The summed E-state index contributed by atoms with van der Waals surface area (Å²) in [4.78, 5) is 14.8. The maximum absolute atomic E-state index is 10.7. The molecular formula is C14H9NO4. The van der Waals surface area contributed by atoms with E-state index in [1.54, 1.807) is 6.20 Å². The van der Waals surface area contributed by atoms with E-state index >= 15 is 0 Å². The number of benzene rings is 1. The Kier molecular flexibility index (Phi) is 2.64. The lowest BCUT2D eigenvalue weighted by atomic mass is 10.2. The van der Waals surface area contributed by atoms with Crippen LogP contribution in [0, 0.1) is 0 Å². The van der Waals surface area contributed by atoms with E-state index in [1.807, 2.05) is 30.3 Å². The van der Waals surface area contributed by atoms with Crippen LogP contribution in [0.2, 0.25) is 0 Å². The Bertz CT molecular complexity index is 712. The number of carbonyl (C=O) groups is 1.